The second kappa shape index (κ2) is 8.87. The number of imidazole rings is 1. The normalized spacial score (nSPS) is 15.0. The number of piperidine rings is 1. The van der Waals surface area contributed by atoms with Gasteiger partial charge < -0.3 is 14.8 Å². The lowest BCUT2D eigenvalue weighted by Gasteiger charge is -2.28. The predicted molar refractivity (Wildman–Crippen MR) is 109 cm³/mol. The van der Waals surface area contributed by atoms with Gasteiger partial charge in [-0.2, -0.15) is 0 Å². The van der Waals surface area contributed by atoms with Gasteiger partial charge >= 0.3 is 0 Å². The summed E-state index contributed by atoms with van der Waals surface area (Å²) in [7, 11) is -3.62. The topological polar surface area (TPSA) is 105 Å². The molecule has 0 unspecified atom stereocenters. The fraction of sp³-hybridized carbons (Fsp3) is 0.611. The standard InChI is InChI=1S/C18H29N7O2S/c1-4-24-13-18(23-15(24)3)28(26,27)20-9-8-19-16-12-17(22-14(2)21-16)25-10-6-5-7-11-25/h12-13,20H,4-11H2,1-3H3,(H,19,21,22). The van der Waals surface area contributed by atoms with Crippen LogP contribution >= 0.6 is 0 Å². The van der Waals surface area contributed by atoms with Crippen molar-refractivity contribution in [2.75, 3.05) is 36.4 Å². The first-order valence-corrected chi connectivity index (χ1v) is 11.3. The highest BCUT2D eigenvalue weighted by molar-refractivity contribution is 7.89. The molecule has 2 N–H and O–H groups in total. The first kappa shape index (κ1) is 20.5. The van der Waals surface area contributed by atoms with E-state index in [4.69, 9.17) is 0 Å². The molecule has 0 aliphatic carbocycles. The minimum atomic E-state index is -3.62. The summed E-state index contributed by atoms with van der Waals surface area (Å²) < 4.78 is 29.2. The van der Waals surface area contributed by atoms with Crippen LogP contribution in [0.25, 0.3) is 0 Å². The largest absolute Gasteiger partial charge is 0.369 e. The fourth-order valence-electron chi connectivity index (χ4n) is 3.31. The van der Waals surface area contributed by atoms with E-state index in [-0.39, 0.29) is 11.6 Å². The third-order valence-electron chi connectivity index (χ3n) is 4.80. The van der Waals surface area contributed by atoms with Gasteiger partial charge in [0.05, 0.1) is 0 Å². The van der Waals surface area contributed by atoms with Crippen LogP contribution in [0.1, 0.15) is 37.8 Å². The molecule has 1 aliphatic heterocycles. The molecule has 0 amide bonds. The Hall–Kier alpha value is -2.20. The van der Waals surface area contributed by atoms with E-state index in [1.807, 2.05) is 19.9 Å². The van der Waals surface area contributed by atoms with E-state index in [1.54, 1.807) is 17.7 Å². The molecule has 3 rings (SSSR count). The van der Waals surface area contributed by atoms with Gasteiger partial charge in [0.15, 0.2) is 5.03 Å². The van der Waals surface area contributed by atoms with Gasteiger partial charge in [0.1, 0.15) is 23.3 Å². The van der Waals surface area contributed by atoms with Crippen LogP contribution in [0.2, 0.25) is 0 Å². The summed E-state index contributed by atoms with van der Waals surface area (Å²) in [6.07, 6.45) is 5.19. The summed E-state index contributed by atoms with van der Waals surface area (Å²) >= 11 is 0. The van der Waals surface area contributed by atoms with Gasteiger partial charge in [-0.3, -0.25) is 0 Å². The highest BCUT2D eigenvalue weighted by Gasteiger charge is 2.18. The van der Waals surface area contributed by atoms with E-state index in [9.17, 15) is 8.42 Å². The van der Waals surface area contributed by atoms with E-state index in [2.05, 4.69) is 29.9 Å². The number of nitrogens with one attached hydrogen (secondary N) is 2. The lowest BCUT2D eigenvalue weighted by atomic mass is 10.1. The van der Waals surface area contributed by atoms with Crippen LogP contribution in [0.5, 0.6) is 0 Å². The lowest BCUT2D eigenvalue weighted by Crippen LogP contribution is -2.31. The number of rotatable bonds is 8. The first-order valence-electron chi connectivity index (χ1n) is 9.77. The third kappa shape index (κ3) is 4.99. The van der Waals surface area contributed by atoms with Crippen LogP contribution < -0.4 is 14.9 Å². The fourth-order valence-corrected chi connectivity index (χ4v) is 4.34. The van der Waals surface area contributed by atoms with E-state index in [0.717, 1.165) is 18.9 Å². The zero-order chi connectivity index (χ0) is 20.1. The van der Waals surface area contributed by atoms with Crippen LogP contribution in [-0.4, -0.2) is 54.1 Å². The smallest absolute Gasteiger partial charge is 0.259 e. The molecule has 0 spiro atoms. The number of aromatic nitrogens is 4. The van der Waals surface area contributed by atoms with Crippen LogP contribution in [0.4, 0.5) is 11.6 Å². The van der Waals surface area contributed by atoms with Gasteiger partial charge in [-0.25, -0.2) is 28.1 Å². The van der Waals surface area contributed by atoms with Crippen molar-refractivity contribution in [1.29, 1.82) is 0 Å². The number of anilines is 2. The maximum absolute atomic E-state index is 12.4. The van der Waals surface area contributed by atoms with Crippen molar-refractivity contribution >= 4 is 21.7 Å². The van der Waals surface area contributed by atoms with Crippen molar-refractivity contribution in [3.8, 4) is 0 Å². The molecule has 0 bridgehead atoms. The Labute approximate surface area is 166 Å². The molecule has 154 valence electrons. The maximum Gasteiger partial charge on any atom is 0.259 e. The Morgan fingerprint density at radius 2 is 1.82 bits per heavy atom. The zero-order valence-electron chi connectivity index (χ0n) is 16.8. The molecular weight excluding hydrogens is 378 g/mol. The lowest BCUT2D eigenvalue weighted by molar-refractivity contribution is 0.572. The minimum absolute atomic E-state index is 0.0529. The second-order valence-electron chi connectivity index (χ2n) is 6.94. The predicted octanol–water partition coefficient (Wildman–Crippen LogP) is 1.69. The monoisotopic (exact) mass is 407 g/mol. The molecule has 28 heavy (non-hydrogen) atoms. The summed E-state index contributed by atoms with van der Waals surface area (Å²) in [5, 5.41) is 3.24. The van der Waals surface area contributed by atoms with Crippen LogP contribution in [0.15, 0.2) is 17.3 Å². The van der Waals surface area contributed by atoms with Crippen LogP contribution in [-0.2, 0) is 16.6 Å². The molecule has 1 saturated heterocycles. The SMILES string of the molecule is CCn1cc(S(=O)(=O)NCCNc2cc(N3CCCCC3)nc(C)n2)nc1C. The molecule has 3 heterocycles. The van der Waals surface area contributed by atoms with Crippen molar-refractivity contribution in [1.82, 2.24) is 24.2 Å². The molecule has 1 aliphatic rings. The summed E-state index contributed by atoms with van der Waals surface area (Å²) in [6, 6.07) is 1.93. The number of nitrogens with zero attached hydrogens (tertiary/aromatic N) is 5. The third-order valence-corrected chi connectivity index (χ3v) is 6.13. The Morgan fingerprint density at radius 1 is 1.07 bits per heavy atom. The van der Waals surface area contributed by atoms with Gasteiger partial charge in [-0.15, -0.1) is 0 Å². The zero-order valence-corrected chi connectivity index (χ0v) is 17.6. The van der Waals surface area contributed by atoms with E-state index < -0.39 is 10.0 Å². The van der Waals surface area contributed by atoms with Crippen LogP contribution in [0.3, 0.4) is 0 Å². The molecule has 0 saturated carbocycles. The second-order valence-corrected chi connectivity index (χ2v) is 8.66. The van der Waals surface area contributed by atoms with Gasteiger partial charge in [0.2, 0.25) is 0 Å². The number of sulfonamides is 1. The molecule has 2 aromatic heterocycles. The van der Waals surface area contributed by atoms with Gasteiger partial charge in [-0.05, 0) is 40.0 Å². The molecule has 9 nitrogen and oxygen atoms in total. The Balaban J connectivity index is 1.56. The number of hydrogen-bond acceptors (Lipinski definition) is 7. The minimum Gasteiger partial charge on any atom is -0.369 e. The van der Waals surface area contributed by atoms with Crippen molar-refractivity contribution in [3.63, 3.8) is 0 Å². The van der Waals surface area contributed by atoms with Gasteiger partial charge in [0.25, 0.3) is 10.0 Å². The molecule has 1 fully saturated rings. The van der Waals surface area contributed by atoms with Gasteiger partial charge in [-0.1, -0.05) is 0 Å². The average molecular weight is 408 g/mol. The summed E-state index contributed by atoms with van der Waals surface area (Å²) in [5.41, 5.74) is 0. The van der Waals surface area contributed by atoms with E-state index in [0.29, 0.717) is 30.6 Å². The highest BCUT2D eigenvalue weighted by atomic mass is 32.2. The van der Waals surface area contributed by atoms with Crippen molar-refractivity contribution < 1.29 is 8.42 Å². The van der Waals surface area contributed by atoms with Gasteiger partial charge in [0, 0.05) is 45.0 Å². The van der Waals surface area contributed by atoms with E-state index in [1.165, 1.54) is 19.3 Å². The van der Waals surface area contributed by atoms with E-state index >= 15 is 0 Å². The molecule has 0 atom stereocenters. The molecule has 2 aromatic rings. The van der Waals surface area contributed by atoms with Crippen LogP contribution in [0, 0.1) is 13.8 Å². The Morgan fingerprint density at radius 3 is 2.50 bits per heavy atom. The average Bonchev–Trinajstić information content (AvgIpc) is 3.07. The molecule has 0 radical (unpaired) electrons. The van der Waals surface area contributed by atoms with Crippen molar-refractivity contribution in [2.45, 2.75) is 51.6 Å². The number of hydrogen-bond donors (Lipinski definition) is 2. The van der Waals surface area contributed by atoms with Crippen molar-refractivity contribution in [2.24, 2.45) is 0 Å². The Bertz CT molecular complexity index is 905. The summed E-state index contributed by atoms with van der Waals surface area (Å²) in [6.45, 7) is 8.98. The van der Waals surface area contributed by atoms with Crippen molar-refractivity contribution in [3.05, 3.63) is 23.9 Å². The first-order chi connectivity index (χ1) is 13.4. The molecule has 0 aromatic carbocycles. The highest BCUT2D eigenvalue weighted by Crippen LogP contribution is 2.20. The number of aryl methyl sites for hydroxylation is 3. The molecular formula is C18H29N7O2S. The summed E-state index contributed by atoms with van der Waals surface area (Å²) in [4.78, 5) is 15.3. The Kier molecular flexibility index (Phi) is 6.50. The maximum atomic E-state index is 12.4. The quantitative estimate of drug-likeness (QED) is 0.642. The molecule has 10 heteroatoms. The summed E-state index contributed by atoms with van der Waals surface area (Å²) in [5.74, 6) is 3.02.